The molecule has 7 heteroatoms. The Balaban J connectivity index is 1.67. The van der Waals surface area contributed by atoms with Crippen LogP contribution < -0.4 is 9.46 Å². The fraction of sp³-hybridized carbons (Fsp3) is 0.600. The highest BCUT2D eigenvalue weighted by Crippen LogP contribution is 2.36. The van der Waals surface area contributed by atoms with Gasteiger partial charge in [0.15, 0.2) is 5.60 Å². The van der Waals surface area contributed by atoms with Crippen LogP contribution in [-0.4, -0.2) is 46.8 Å². The Kier molecular flexibility index (Phi) is 3.72. The Bertz CT molecular complexity index is 594. The summed E-state index contributed by atoms with van der Waals surface area (Å²) in [6.07, 6.45) is 1.50. The summed E-state index contributed by atoms with van der Waals surface area (Å²) in [5, 5.41) is 0. The lowest BCUT2D eigenvalue weighted by Crippen LogP contribution is -2.69. The van der Waals surface area contributed by atoms with Crippen LogP contribution in [-0.2, 0) is 4.74 Å². The SMILES string of the molecule is Cc1cnc2c(c1)SNCC1(CN(C(=O)OC(C)(C)C)C1)O2. The largest absolute Gasteiger partial charge is 0.465 e. The molecule has 1 spiro atoms. The molecule has 3 heterocycles. The lowest BCUT2D eigenvalue weighted by atomic mass is 9.94. The number of nitrogens with one attached hydrogen (secondary N) is 1. The number of nitrogens with zero attached hydrogens (tertiary/aromatic N) is 2. The zero-order valence-electron chi connectivity index (χ0n) is 13.3. The van der Waals surface area contributed by atoms with Crippen LogP contribution in [0, 0.1) is 6.92 Å². The number of hydrogen-bond donors (Lipinski definition) is 1. The third-order valence-electron chi connectivity index (χ3n) is 3.45. The number of carbonyl (C=O) groups excluding carboxylic acids is 1. The molecule has 1 saturated heterocycles. The number of fused-ring (bicyclic) bond motifs is 1. The predicted octanol–water partition coefficient (Wildman–Crippen LogP) is 2.37. The van der Waals surface area contributed by atoms with E-state index in [-0.39, 0.29) is 6.09 Å². The second-order valence-corrected chi connectivity index (χ2v) is 7.79. The molecular formula is C15H21N3O3S. The number of amides is 1. The second-order valence-electron chi connectivity index (χ2n) is 6.86. The highest BCUT2D eigenvalue weighted by atomic mass is 32.2. The summed E-state index contributed by atoms with van der Waals surface area (Å²) in [6.45, 7) is 9.26. The molecule has 0 atom stereocenters. The maximum atomic E-state index is 12.1. The number of ether oxygens (including phenoxy) is 2. The molecule has 3 rings (SSSR count). The number of rotatable bonds is 0. The molecule has 1 amide bonds. The first-order valence-corrected chi connectivity index (χ1v) is 8.11. The first-order valence-electron chi connectivity index (χ1n) is 7.30. The smallest absolute Gasteiger partial charge is 0.410 e. The molecule has 120 valence electrons. The van der Waals surface area contributed by atoms with Gasteiger partial charge in [-0.2, -0.15) is 0 Å². The van der Waals surface area contributed by atoms with Crippen molar-refractivity contribution in [3.63, 3.8) is 0 Å². The zero-order chi connectivity index (χ0) is 16.0. The Morgan fingerprint density at radius 3 is 2.91 bits per heavy atom. The van der Waals surface area contributed by atoms with Gasteiger partial charge < -0.3 is 9.47 Å². The molecule has 1 aromatic rings. The van der Waals surface area contributed by atoms with Crippen molar-refractivity contribution in [3.8, 4) is 5.88 Å². The van der Waals surface area contributed by atoms with Crippen molar-refractivity contribution in [3.05, 3.63) is 17.8 Å². The van der Waals surface area contributed by atoms with Crippen molar-refractivity contribution >= 4 is 18.0 Å². The third kappa shape index (κ3) is 3.15. The Morgan fingerprint density at radius 1 is 1.50 bits per heavy atom. The van der Waals surface area contributed by atoms with Crippen LogP contribution >= 0.6 is 11.9 Å². The van der Waals surface area contributed by atoms with Crippen LogP contribution in [0.1, 0.15) is 26.3 Å². The number of aryl methyl sites for hydroxylation is 1. The molecular weight excluding hydrogens is 302 g/mol. The van der Waals surface area contributed by atoms with Gasteiger partial charge in [0, 0.05) is 12.7 Å². The van der Waals surface area contributed by atoms with Crippen molar-refractivity contribution in [2.24, 2.45) is 0 Å². The summed E-state index contributed by atoms with van der Waals surface area (Å²) in [6, 6.07) is 2.04. The monoisotopic (exact) mass is 323 g/mol. The van der Waals surface area contributed by atoms with Crippen LogP contribution in [0.4, 0.5) is 4.79 Å². The van der Waals surface area contributed by atoms with Gasteiger partial charge in [-0.25, -0.2) is 9.78 Å². The molecule has 22 heavy (non-hydrogen) atoms. The molecule has 0 saturated carbocycles. The quantitative estimate of drug-likeness (QED) is 0.740. The van der Waals surface area contributed by atoms with Crippen LogP contribution in [0.3, 0.4) is 0 Å². The number of aromatic nitrogens is 1. The molecule has 0 radical (unpaired) electrons. The van der Waals surface area contributed by atoms with E-state index < -0.39 is 11.2 Å². The van der Waals surface area contributed by atoms with E-state index in [1.807, 2.05) is 33.8 Å². The molecule has 0 aliphatic carbocycles. The minimum atomic E-state index is -0.482. The minimum Gasteiger partial charge on any atom is -0.465 e. The number of carbonyl (C=O) groups is 1. The van der Waals surface area contributed by atoms with Gasteiger partial charge in [0.05, 0.1) is 18.0 Å². The topological polar surface area (TPSA) is 63.7 Å². The number of pyridine rings is 1. The van der Waals surface area contributed by atoms with Crippen molar-refractivity contribution in [1.82, 2.24) is 14.6 Å². The van der Waals surface area contributed by atoms with E-state index in [1.54, 1.807) is 11.1 Å². The van der Waals surface area contributed by atoms with Gasteiger partial charge in [-0.3, -0.25) is 9.62 Å². The zero-order valence-corrected chi connectivity index (χ0v) is 14.1. The van der Waals surface area contributed by atoms with Crippen LogP contribution in [0.15, 0.2) is 17.2 Å². The fourth-order valence-electron chi connectivity index (χ4n) is 2.45. The Labute approximate surface area is 134 Å². The van der Waals surface area contributed by atoms with Gasteiger partial charge in [0.1, 0.15) is 5.60 Å². The Hall–Kier alpha value is -1.47. The van der Waals surface area contributed by atoms with E-state index in [9.17, 15) is 4.79 Å². The molecule has 0 aromatic carbocycles. The van der Waals surface area contributed by atoms with Gasteiger partial charge in [-0.15, -0.1) is 0 Å². The normalized spacial score (nSPS) is 19.7. The van der Waals surface area contributed by atoms with Crippen molar-refractivity contribution in [2.75, 3.05) is 19.6 Å². The van der Waals surface area contributed by atoms with E-state index in [0.29, 0.717) is 25.5 Å². The summed E-state index contributed by atoms with van der Waals surface area (Å²) in [7, 11) is 0. The van der Waals surface area contributed by atoms with Crippen LogP contribution in [0.25, 0.3) is 0 Å². The van der Waals surface area contributed by atoms with Gasteiger partial charge in [0.2, 0.25) is 5.88 Å². The highest BCUT2D eigenvalue weighted by molar-refractivity contribution is 7.97. The highest BCUT2D eigenvalue weighted by Gasteiger charge is 2.50. The molecule has 1 aromatic heterocycles. The van der Waals surface area contributed by atoms with E-state index in [1.165, 1.54) is 11.9 Å². The second kappa shape index (κ2) is 5.31. The van der Waals surface area contributed by atoms with Gasteiger partial charge in [-0.05, 0) is 51.3 Å². The van der Waals surface area contributed by atoms with E-state index in [4.69, 9.17) is 9.47 Å². The van der Waals surface area contributed by atoms with Gasteiger partial charge in [0.25, 0.3) is 0 Å². The summed E-state index contributed by atoms with van der Waals surface area (Å²) in [5.74, 6) is 0.629. The molecule has 6 nitrogen and oxygen atoms in total. The van der Waals surface area contributed by atoms with Gasteiger partial charge >= 0.3 is 6.09 Å². The molecule has 1 fully saturated rings. The summed E-state index contributed by atoms with van der Waals surface area (Å²) in [5.41, 5.74) is 0.193. The molecule has 0 unspecified atom stereocenters. The summed E-state index contributed by atoms with van der Waals surface area (Å²) >= 11 is 1.52. The van der Waals surface area contributed by atoms with E-state index in [2.05, 4.69) is 9.71 Å². The number of likely N-dealkylation sites (tertiary alicyclic amines) is 1. The minimum absolute atomic E-state index is 0.296. The van der Waals surface area contributed by atoms with E-state index >= 15 is 0 Å². The fourth-order valence-corrected chi connectivity index (χ4v) is 3.36. The molecule has 2 aliphatic rings. The molecule has 2 aliphatic heterocycles. The molecule has 0 bridgehead atoms. The van der Waals surface area contributed by atoms with Crippen molar-refractivity contribution in [2.45, 2.75) is 43.8 Å². The lowest BCUT2D eigenvalue weighted by molar-refractivity contribution is -0.0796. The number of hydrogen-bond acceptors (Lipinski definition) is 6. The van der Waals surface area contributed by atoms with Crippen molar-refractivity contribution < 1.29 is 14.3 Å². The van der Waals surface area contributed by atoms with Gasteiger partial charge in [-0.1, -0.05) is 0 Å². The summed E-state index contributed by atoms with van der Waals surface area (Å²) < 4.78 is 14.8. The summed E-state index contributed by atoms with van der Waals surface area (Å²) in [4.78, 5) is 19.1. The third-order valence-corrected chi connectivity index (χ3v) is 4.26. The first-order chi connectivity index (χ1) is 10.3. The standard InChI is InChI=1S/C15H21N3O3S/c1-10-5-11-12(16-6-10)20-15(7-17-22-11)8-18(9-15)13(19)21-14(2,3)4/h5-6,17H,7-9H2,1-4H3. The maximum absolute atomic E-state index is 12.1. The van der Waals surface area contributed by atoms with Crippen LogP contribution in [0.5, 0.6) is 5.88 Å². The molecule has 1 N–H and O–H groups in total. The average Bonchev–Trinajstić information content (AvgIpc) is 2.53. The first kappa shape index (κ1) is 15.4. The Morgan fingerprint density at radius 2 is 2.23 bits per heavy atom. The predicted molar refractivity (Wildman–Crippen MR) is 84.0 cm³/mol. The van der Waals surface area contributed by atoms with Crippen molar-refractivity contribution in [1.29, 1.82) is 0 Å². The average molecular weight is 323 g/mol. The van der Waals surface area contributed by atoms with E-state index in [0.717, 1.165) is 10.5 Å². The van der Waals surface area contributed by atoms with Crippen LogP contribution in [0.2, 0.25) is 0 Å². The maximum Gasteiger partial charge on any atom is 0.410 e. The lowest BCUT2D eigenvalue weighted by Gasteiger charge is -2.48.